The minimum Gasteiger partial charge on any atom is -0.394 e. The number of aliphatic imine (C=N–C) groups is 4. The van der Waals surface area contributed by atoms with Crippen LogP contribution in [0.2, 0.25) is 0 Å². The fraction of sp³-hybridized carbons (Fsp3) is 0.322. The van der Waals surface area contributed by atoms with Gasteiger partial charge in [0, 0.05) is 70.7 Å². The number of rotatable bonds is 31. The van der Waals surface area contributed by atoms with Gasteiger partial charge in [0.2, 0.25) is 31.9 Å². The summed E-state index contributed by atoms with van der Waals surface area (Å²) in [6, 6.07) is 21.7. The first-order chi connectivity index (χ1) is 48.4. The minimum atomic E-state index is -4.63. The molecule has 36 nitrogen and oxygen atoms in total. The van der Waals surface area contributed by atoms with E-state index in [0.717, 1.165) is 0 Å². The van der Waals surface area contributed by atoms with E-state index in [0.29, 0.717) is 21.9 Å². The van der Waals surface area contributed by atoms with Crippen LogP contribution in [0.5, 0.6) is 0 Å². The maximum atomic E-state index is 14.4. The number of hydrogen-bond donors (Lipinski definition) is 7. The number of para-hydroxylation sites is 1. The van der Waals surface area contributed by atoms with Gasteiger partial charge in [-0.15, -0.1) is 12.6 Å². The van der Waals surface area contributed by atoms with Crippen molar-refractivity contribution in [2.45, 2.75) is 52.4 Å². The third-order valence-corrected chi connectivity index (χ3v) is 24.9. The van der Waals surface area contributed by atoms with E-state index in [1.807, 2.05) is 0 Å². The van der Waals surface area contributed by atoms with Crippen LogP contribution in [0, 0.1) is 6.92 Å². The van der Waals surface area contributed by atoms with Crippen molar-refractivity contribution in [3.8, 4) is 0 Å². The van der Waals surface area contributed by atoms with E-state index in [1.54, 1.807) is 28.2 Å². The Morgan fingerprint density at radius 1 is 0.520 bits per heavy atom. The number of aryl methyl sites for hydroxylation is 1. The number of pyridine rings is 1. The second kappa shape index (κ2) is 30.5. The predicted molar refractivity (Wildman–Crippen MR) is 369 cm³/mol. The fourth-order valence-corrected chi connectivity index (χ4v) is 18.3. The van der Waals surface area contributed by atoms with Crippen LogP contribution in [0.3, 0.4) is 0 Å². The van der Waals surface area contributed by atoms with Crippen LogP contribution in [-0.4, -0.2) is 218 Å². The number of aliphatic hydroxyl groups excluding tert-OH is 2. The number of aliphatic hydroxyl groups is 2. The van der Waals surface area contributed by atoms with Crippen molar-refractivity contribution in [1.82, 2.24) is 38.5 Å². The first kappa shape index (κ1) is 74.2. The molecule has 0 saturated carbocycles. The molecule has 4 aliphatic rings. The second-order valence-electron chi connectivity index (χ2n) is 22.7. The van der Waals surface area contributed by atoms with E-state index < -0.39 is 98.2 Å². The van der Waals surface area contributed by atoms with Crippen LogP contribution in [0.25, 0.3) is 21.5 Å². The molecule has 8 aromatic rings. The van der Waals surface area contributed by atoms with Crippen molar-refractivity contribution in [2.75, 3.05) is 98.7 Å². The SMILES string of the molecule is Cc1nc(NCCNS(=O)(=O)c2ccc3c4n5c(c3c2)N=c2c3ccc(S(=O)(=O)CCCS(=O)(=O)NCCOCCO)cc3c(n2C5)=NC2=NC(=NC3=NC(=N4)c4cc(S(=O)(=O)CCCS(=O)(=O)CCCOCCO)ccc43)c3ncccc32)nc(Nc2ccccc2S(=O)(=O)O)n1.O=S(=O)=O. The molecule has 7 N–H and O–H groups in total. The van der Waals surface area contributed by atoms with Crippen LogP contribution in [-0.2, 0) is 86.4 Å². The van der Waals surface area contributed by atoms with Gasteiger partial charge in [0.05, 0.1) is 82.2 Å². The standard InChI is InChI=1S/C59H62N16O17S6.O3S/c1-36-64-58(73-59(65-36)66-47-9-2-3-10-48(47)98(88,89)90)61-18-19-63-97(86,87)39-13-16-41-46(34-39)57-72-55-42-15-12-38(95(82,83)30-7-31-96(84,85)62-20-24-92-26-22-77)33-45(42)56-70-51-43-8-4-17-60-49(43)53(69-51)68-50-40-14-11-37(32-44(40)52(67-50)71-54(41)74(57)35-75(55)56)94(80,81)29-6-28-93(78,79)27-5-23-91-25-21-76;1-4(2)3/h2-4,8-17,32-34,62-63,76-77H,5-7,18-31,35H2,1H3,(H,88,89,90)(H2,61,64,65,66,73);. The van der Waals surface area contributed by atoms with Gasteiger partial charge in [-0.25, -0.2) is 81.5 Å². The van der Waals surface area contributed by atoms with Crippen molar-refractivity contribution >= 4 is 144 Å². The normalized spacial score (nSPS) is 14.1. The van der Waals surface area contributed by atoms with Crippen molar-refractivity contribution in [3.63, 3.8) is 0 Å². The number of sulfonamides is 2. The number of nitrogens with one attached hydrogen (secondary N) is 4. The number of sulfone groups is 3. The minimum absolute atomic E-state index is 0.00367. The molecule has 0 unspecified atom stereocenters. The number of benzene rings is 4. The van der Waals surface area contributed by atoms with Gasteiger partial charge in [-0.05, 0) is 105 Å². The highest BCUT2D eigenvalue weighted by molar-refractivity contribution is 7.92. The summed E-state index contributed by atoms with van der Waals surface area (Å²) in [6.45, 7) is 0.651. The van der Waals surface area contributed by atoms with Gasteiger partial charge >= 0.3 is 10.6 Å². The maximum absolute atomic E-state index is 14.4. The number of ether oxygens (including phenoxy) is 2. The Kier molecular flexibility index (Phi) is 22.2. The molecule has 4 aromatic heterocycles. The third kappa shape index (κ3) is 17.1. The molecule has 0 radical (unpaired) electrons. The van der Waals surface area contributed by atoms with Gasteiger partial charge in [-0.1, -0.05) is 12.1 Å². The Morgan fingerprint density at radius 2 is 1.13 bits per heavy atom. The second-order valence-corrected chi connectivity index (χ2v) is 34.7. The van der Waals surface area contributed by atoms with E-state index in [1.165, 1.54) is 85.1 Å². The molecular formula is C59H62N16O20S7. The number of fused-ring (bicyclic) bond motifs is 14. The van der Waals surface area contributed by atoms with Gasteiger partial charge in [0.25, 0.3) is 10.1 Å². The number of aromatic nitrogens is 6. The van der Waals surface area contributed by atoms with Gasteiger partial charge in [-0.3, -0.25) is 18.7 Å². The number of anilines is 3. The summed E-state index contributed by atoms with van der Waals surface area (Å²) in [4.78, 5) is 46.5. The molecular weight excluding hydrogens is 1480 g/mol. The molecule has 0 amide bonds. The molecule has 8 heterocycles. The average Bonchev–Trinajstić information content (AvgIpc) is 1.56. The lowest BCUT2D eigenvalue weighted by atomic mass is 10.1. The zero-order valence-corrected chi connectivity index (χ0v) is 59.2. The lowest BCUT2D eigenvalue weighted by Gasteiger charge is -2.15. The van der Waals surface area contributed by atoms with Gasteiger partial charge in [0.1, 0.15) is 55.5 Å². The van der Waals surface area contributed by atoms with Gasteiger partial charge < -0.3 is 30.3 Å². The van der Waals surface area contributed by atoms with Gasteiger partial charge in [0.15, 0.2) is 43.0 Å². The van der Waals surface area contributed by atoms with Crippen LogP contribution in [0.1, 0.15) is 47.5 Å². The topological polar surface area (TPSA) is 519 Å². The van der Waals surface area contributed by atoms with Crippen LogP contribution >= 0.6 is 0 Å². The number of nitrogens with zero attached hydrogens (tertiary/aromatic N) is 12. The first-order valence-corrected chi connectivity index (χ1v) is 41.4. The van der Waals surface area contributed by atoms with E-state index >= 15 is 0 Å². The third-order valence-electron chi connectivity index (χ3n) is 15.6. The molecule has 0 fully saturated rings. The molecule has 540 valence electrons. The number of amidine groups is 4. The Morgan fingerprint density at radius 3 is 1.87 bits per heavy atom. The summed E-state index contributed by atoms with van der Waals surface area (Å²) in [5, 5.41) is 24.9. The highest BCUT2D eigenvalue weighted by Gasteiger charge is 2.33. The fourth-order valence-electron chi connectivity index (χ4n) is 11.1. The smallest absolute Gasteiger partial charge is 0.394 e. The van der Waals surface area contributed by atoms with Crippen molar-refractivity contribution in [2.24, 2.45) is 30.0 Å². The largest absolute Gasteiger partial charge is 0.425 e. The molecule has 0 aliphatic carbocycles. The highest BCUT2D eigenvalue weighted by atomic mass is 32.2. The summed E-state index contributed by atoms with van der Waals surface area (Å²) in [5.41, 5.74) is 1.59. The van der Waals surface area contributed by atoms with Gasteiger partial charge in [-0.2, -0.15) is 23.4 Å². The van der Waals surface area contributed by atoms with E-state index in [4.69, 9.17) is 62.3 Å². The summed E-state index contributed by atoms with van der Waals surface area (Å²) >= 11 is 0. The monoisotopic (exact) mass is 1540 g/mol. The van der Waals surface area contributed by atoms with Crippen LogP contribution in [0.4, 0.5) is 29.2 Å². The predicted octanol–water partition coefficient (Wildman–Crippen LogP) is 0.380. The molecule has 6 bridgehead atoms. The van der Waals surface area contributed by atoms with Crippen molar-refractivity contribution in [3.05, 3.63) is 136 Å². The molecule has 12 rings (SSSR count). The number of hydrogen-bond acceptors (Lipinski definition) is 31. The average molecular weight is 1540 g/mol. The molecule has 0 saturated heterocycles. The first-order valence-electron chi connectivity index (χ1n) is 30.7. The summed E-state index contributed by atoms with van der Waals surface area (Å²) < 4.78 is 215. The maximum Gasteiger partial charge on any atom is 0.425 e. The van der Waals surface area contributed by atoms with E-state index in [2.05, 4.69) is 40.0 Å². The zero-order chi connectivity index (χ0) is 72.9. The molecule has 0 spiro atoms. The lowest BCUT2D eigenvalue weighted by molar-refractivity contribution is 0.0931. The Labute approximate surface area is 584 Å². The van der Waals surface area contributed by atoms with Crippen LogP contribution in [0.15, 0.2) is 147 Å². The molecule has 102 heavy (non-hydrogen) atoms. The summed E-state index contributed by atoms with van der Waals surface area (Å²) in [7, 11) is -28.1. The summed E-state index contributed by atoms with van der Waals surface area (Å²) in [6.07, 6.45) is 1.17. The van der Waals surface area contributed by atoms with E-state index in [-0.39, 0.29) is 197 Å². The Bertz CT molecular complexity index is 5810. The summed E-state index contributed by atoms with van der Waals surface area (Å²) in [5.74, 6) is -1.75. The Hall–Kier alpha value is -8.96. The lowest BCUT2D eigenvalue weighted by Crippen LogP contribution is -2.33. The molecule has 0 atom stereocenters. The van der Waals surface area contributed by atoms with Crippen molar-refractivity contribution < 1.29 is 87.4 Å². The Balaban J connectivity index is 0.00000255. The molecule has 4 aromatic carbocycles. The molecule has 43 heteroatoms. The van der Waals surface area contributed by atoms with E-state index in [9.17, 15) is 55.1 Å². The van der Waals surface area contributed by atoms with Crippen LogP contribution < -0.4 is 31.1 Å². The zero-order valence-electron chi connectivity index (χ0n) is 53.5. The molecule has 4 aliphatic heterocycles. The van der Waals surface area contributed by atoms with Crippen molar-refractivity contribution in [1.29, 1.82) is 0 Å². The highest BCUT2D eigenvalue weighted by Crippen LogP contribution is 2.42. The quantitative estimate of drug-likeness (QED) is 0.0228.